The largest absolute Gasteiger partial charge is 0.575 e. The summed E-state index contributed by atoms with van der Waals surface area (Å²) in [6.45, 7) is 0.873. The lowest BCUT2D eigenvalue weighted by Crippen LogP contribution is -2.57. The normalized spacial score (nSPS) is 22.6. The van der Waals surface area contributed by atoms with Gasteiger partial charge in [0.1, 0.15) is 0 Å². The standard InChI is InChI=1S/C8H17NO4Si/c1-11-14(12-2,13-3)8(10)7-5-4-6-9-7/h7,9H,4-6H2,1-3H3/t7-/m0/s1. The van der Waals surface area contributed by atoms with Crippen LogP contribution in [0.25, 0.3) is 0 Å². The van der Waals surface area contributed by atoms with Gasteiger partial charge in [0.15, 0.2) is 0 Å². The van der Waals surface area contributed by atoms with E-state index in [1.807, 2.05) is 0 Å². The Bertz CT molecular complexity index is 193. The highest BCUT2D eigenvalue weighted by Crippen LogP contribution is 2.15. The van der Waals surface area contributed by atoms with Gasteiger partial charge in [-0.05, 0) is 19.4 Å². The fourth-order valence-electron chi connectivity index (χ4n) is 1.67. The summed E-state index contributed by atoms with van der Waals surface area (Å²) in [4.78, 5) is 12.0. The molecule has 0 saturated carbocycles. The topological polar surface area (TPSA) is 56.8 Å². The molecule has 0 aromatic rings. The van der Waals surface area contributed by atoms with Gasteiger partial charge in [0.2, 0.25) is 5.41 Å². The third-order valence-electron chi connectivity index (χ3n) is 2.48. The minimum atomic E-state index is -3.09. The highest BCUT2D eigenvalue weighted by molar-refractivity contribution is 6.93. The molecule has 0 radical (unpaired) electrons. The van der Waals surface area contributed by atoms with Crippen LogP contribution in [0.4, 0.5) is 0 Å². The van der Waals surface area contributed by atoms with Crippen LogP contribution in [-0.2, 0) is 18.1 Å². The predicted octanol–water partition coefficient (Wildman–Crippen LogP) is -0.275. The third-order valence-corrected chi connectivity index (χ3v) is 5.05. The van der Waals surface area contributed by atoms with Crippen LogP contribution in [0.3, 0.4) is 0 Å². The van der Waals surface area contributed by atoms with Crippen molar-refractivity contribution in [3.05, 3.63) is 0 Å². The second-order valence-corrected chi connectivity index (χ2v) is 6.01. The van der Waals surface area contributed by atoms with Crippen molar-refractivity contribution in [1.82, 2.24) is 5.32 Å². The quantitative estimate of drug-likeness (QED) is 0.645. The predicted molar refractivity (Wildman–Crippen MR) is 52.8 cm³/mol. The average molecular weight is 219 g/mol. The molecular weight excluding hydrogens is 202 g/mol. The molecule has 0 unspecified atom stereocenters. The van der Waals surface area contributed by atoms with Crippen molar-refractivity contribution in [3.8, 4) is 0 Å². The fourth-order valence-corrected chi connectivity index (χ4v) is 3.45. The van der Waals surface area contributed by atoms with Gasteiger partial charge in [0, 0.05) is 21.3 Å². The molecular formula is C8H17NO4Si. The molecule has 0 amide bonds. The van der Waals surface area contributed by atoms with Crippen molar-refractivity contribution in [3.63, 3.8) is 0 Å². The number of nitrogens with one attached hydrogen (secondary N) is 1. The highest BCUT2D eigenvalue weighted by atomic mass is 28.4. The lowest BCUT2D eigenvalue weighted by molar-refractivity contribution is -0.119. The Kier molecular flexibility index (Phi) is 4.21. The van der Waals surface area contributed by atoms with Crippen LogP contribution in [0.2, 0.25) is 0 Å². The maximum absolute atomic E-state index is 12.0. The zero-order valence-electron chi connectivity index (χ0n) is 8.83. The van der Waals surface area contributed by atoms with E-state index in [1.54, 1.807) is 0 Å². The van der Waals surface area contributed by atoms with Gasteiger partial charge in [0.05, 0.1) is 6.04 Å². The summed E-state index contributed by atoms with van der Waals surface area (Å²) in [7, 11) is 1.26. The Hall–Kier alpha value is -0.273. The minimum Gasteiger partial charge on any atom is -0.372 e. The number of carbonyl (C=O) groups is 1. The first-order valence-corrected chi connectivity index (χ1v) is 6.36. The van der Waals surface area contributed by atoms with Gasteiger partial charge >= 0.3 is 8.80 Å². The SMILES string of the molecule is CO[Si](OC)(OC)C(=O)[C@@H]1CCCN1. The van der Waals surface area contributed by atoms with Crippen molar-refractivity contribution >= 4 is 14.2 Å². The van der Waals surface area contributed by atoms with E-state index in [4.69, 9.17) is 13.3 Å². The Morgan fingerprint density at radius 2 is 1.86 bits per heavy atom. The van der Waals surface area contributed by atoms with Crippen molar-refractivity contribution < 1.29 is 18.1 Å². The number of rotatable bonds is 5. The monoisotopic (exact) mass is 219 g/mol. The smallest absolute Gasteiger partial charge is 0.372 e. The van der Waals surface area contributed by atoms with Gasteiger partial charge in [-0.25, -0.2) is 0 Å². The van der Waals surface area contributed by atoms with Crippen LogP contribution < -0.4 is 5.32 Å². The molecule has 1 aliphatic rings. The number of hydrogen-bond acceptors (Lipinski definition) is 5. The second kappa shape index (κ2) is 4.99. The van der Waals surface area contributed by atoms with E-state index in [0.29, 0.717) is 0 Å². The average Bonchev–Trinajstić information content (AvgIpc) is 2.74. The van der Waals surface area contributed by atoms with E-state index in [9.17, 15) is 4.79 Å². The molecule has 1 saturated heterocycles. The maximum atomic E-state index is 12.0. The van der Waals surface area contributed by atoms with Crippen molar-refractivity contribution in [2.45, 2.75) is 18.9 Å². The number of carbonyl (C=O) groups excluding carboxylic acids is 1. The Morgan fingerprint density at radius 3 is 2.21 bits per heavy atom. The molecule has 5 nitrogen and oxygen atoms in total. The summed E-state index contributed by atoms with van der Waals surface area (Å²) in [6, 6.07) is -0.165. The summed E-state index contributed by atoms with van der Waals surface area (Å²) < 4.78 is 15.3. The Balaban J connectivity index is 2.71. The molecule has 0 aliphatic carbocycles. The van der Waals surface area contributed by atoms with E-state index >= 15 is 0 Å². The molecule has 14 heavy (non-hydrogen) atoms. The van der Waals surface area contributed by atoms with E-state index in [0.717, 1.165) is 19.4 Å². The van der Waals surface area contributed by atoms with Crippen molar-refractivity contribution in [1.29, 1.82) is 0 Å². The van der Waals surface area contributed by atoms with E-state index in [2.05, 4.69) is 5.32 Å². The zero-order valence-corrected chi connectivity index (χ0v) is 9.83. The van der Waals surface area contributed by atoms with Crippen molar-refractivity contribution in [2.75, 3.05) is 27.9 Å². The first-order valence-electron chi connectivity index (χ1n) is 4.63. The van der Waals surface area contributed by atoms with Crippen molar-refractivity contribution in [2.24, 2.45) is 0 Å². The zero-order chi connectivity index (χ0) is 10.6. The van der Waals surface area contributed by atoms with Gasteiger partial charge < -0.3 is 18.6 Å². The summed E-state index contributed by atoms with van der Waals surface area (Å²) in [5.41, 5.74) is 0. The fraction of sp³-hybridized carbons (Fsp3) is 0.875. The molecule has 1 fully saturated rings. The third kappa shape index (κ3) is 2.04. The van der Waals surface area contributed by atoms with E-state index in [-0.39, 0.29) is 11.4 Å². The molecule has 82 valence electrons. The van der Waals surface area contributed by atoms with Crippen LogP contribution >= 0.6 is 0 Å². The summed E-state index contributed by atoms with van der Waals surface area (Å²) in [6.07, 6.45) is 1.85. The lowest BCUT2D eigenvalue weighted by Gasteiger charge is -2.25. The van der Waals surface area contributed by atoms with Crippen LogP contribution in [-0.4, -0.2) is 48.1 Å². The number of hydrogen-bond donors (Lipinski definition) is 1. The molecule has 1 rings (SSSR count). The minimum absolute atomic E-state index is 0.0671. The van der Waals surface area contributed by atoms with Crippen LogP contribution in [0.1, 0.15) is 12.8 Å². The first-order chi connectivity index (χ1) is 6.70. The molecule has 0 aromatic heterocycles. The molecule has 1 heterocycles. The first kappa shape index (κ1) is 11.8. The second-order valence-electron chi connectivity index (χ2n) is 3.18. The molecule has 0 bridgehead atoms. The molecule has 1 atom stereocenters. The van der Waals surface area contributed by atoms with Crippen LogP contribution in [0.15, 0.2) is 0 Å². The summed E-state index contributed by atoms with van der Waals surface area (Å²) >= 11 is 0. The van der Waals surface area contributed by atoms with Crippen LogP contribution in [0, 0.1) is 0 Å². The molecule has 1 N–H and O–H groups in total. The molecule has 0 spiro atoms. The summed E-state index contributed by atoms with van der Waals surface area (Å²) in [5.74, 6) is 0. The maximum Gasteiger partial charge on any atom is 0.575 e. The van der Waals surface area contributed by atoms with Gasteiger partial charge in [-0.15, -0.1) is 0 Å². The van der Waals surface area contributed by atoms with Gasteiger partial charge in [0.25, 0.3) is 0 Å². The lowest BCUT2D eigenvalue weighted by atomic mass is 10.2. The molecule has 1 aliphatic heterocycles. The molecule has 0 aromatic carbocycles. The Labute approximate surface area is 85.1 Å². The van der Waals surface area contributed by atoms with Gasteiger partial charge in [-0.3, -0.25) is 4.79 Å². The summed E-state index contributed by atoms with van der Waals surface area (Å²) in [5, 5.41) is 3.04. The van der Waals surface area contributed by atoms with E-state index < -0.39 is 8.80 Å². The van der Waals surface area contributed by atoms with Crippen LogP contribution in [0.5, 0.6) is 0 Å². The highest BCUT2D eigenvalue weighted by Gasteiger charge is 2.51. The molecule has 6 heteroatoms. The van der Waals surface area contributed by atoms with Gasteiger partial charge in [-0.1, -0.05) is 0 Å². The van der Waals surface area contributed by atoms with E-state index in [1.165, 1.54) is 21.3 Å². The van der Waals surface area contributed by atoms with Gasteiger partial charge in [-0.2, -0.15) is 0 Å². The Morgan fingerprint density at radius 1 is 1.29 bits per heavy atom.